The first kappa shape index (κ1) is 65.6. The van der Waals surface area contributed by atoms with Gasteiger partial charge in [0.1, 0.15) is 48.7 Å². The minimum absolute atomic E-state index is 0. The van der Waals surface area contributed by atoms with Crippen molar-refractivity contribution < 1.29 is 91.8 Å². The molecule has 37 nitrogen and oxygen atoms in total. The average molecular weight is 1110 g/mol. The van der Waals surface area contributed by atoms with Crippen LogP contribution in [0.25, 0.3) is 62.7 Å². The van der Waals surface area contributed by atoms with E-state index in [2.05, 4.69) is 60.2 Å². The van der Waals surface area contributed by atoms with Crippen LogP contribution in [0.15, 0.2) is 30.7 Å². The molecule has 1 saturated carbocycles. The molecule has 419 valence electrons. The lowest BCUT2D eigenvalue weighted by Crippen LogP contribution is -2.65. The molecule has 77 heavy (non-hydrogen) atoms. The number of nitrogens with zero attached hydrogens (tertiary/aromatic N) is 18. The number of rotatable bonds is 22. The van der Waals surface area contributed by atoms with Gasteiger partial charge in [-0.05, 0) is 39.6 Å². The van der Waals surface area contributed by atoms with Crippen LogP contribution in [0.4, 0.5) is 0 Å². The number of carbonyl (C=O) groups excluding carboxylic acids is 7. The Morgan fingerprint density at radius 1 is 0.455 bits per heavy atom. The summed E-state index contributed by atoms with van der Waals surface area (Å²) in [4.78, 5) is 105. The third kappa shape index (κ3) is 18.1. The number of ether oxygens (including phenoxy) is 12. The maximum absolute atomic E-state index is 13.1. The van der Waals surface area contributed by atoms with Gasteiger partial charge in [0.05, 0.1) is 31.3 Å². The highest BCUT2D eigenvalue weighted by molar-refractivity contribution is 8.13. The van der Waals surface area contributed by atoms with Gasteiger partial charge in [-0.2, -0.15) is 0 Å². The van der Waals surface area contributed by atoms with Crippen LogP contribution < -0.4 is 0 Å². The maximum atomic E-state index is 13.1. The Kier molecular flexibility index (Phi) is 26.9. The molecule has 3 radical (unpaired) electrons. The van der Waals surface area contributed by atoms with Crippen LogP contribution >= 0.6 is 11.8 Å². The topological polar surface area (TPSA) is 523 Å². The number of carbonyl (C=O) groups is 7. The Morgan fingerprint density at radius 2 is 0.805 bits per heavy atom. The van der Waals surface area contributed by atoms with Gasteiger partial charge < -0.3 is 56.8 Å². The van der Waals surface area contributed by atoms with Crippen molar-refractivity contribution in [3.05, 3.63) is 62.7 Å². The maximum Gasteiger partial charge on any atom is 0.303 e. The second-order valence-electron chi connectivity index (χ2n) is 16.2. The van der Waals surface area contributed by atoms with Gasteiger partial charge in [-0.25, -0.2) is 0 Å². The first-order valence-corrected chi connectivity index (χ1v) is 23.0. The summed E-state index contributed by atoms with van der Waals surface area (Å²) in [5.74, 6) is -6.26. The fourth-order valence-electron chi connectivity index (χ4n) is 8.46. The summed E-state index contributed by atoms with van der Waals surface area (Å²) in [5.41, 5.74) is 57.5. The number of azide groups is 6. The fourth-order valence-corrected chi connectivity index (χ4v) is 9.13. The molecule has 3 aliphatic heterocycles. The highest BCUT2D eigenvalue weighted by Crippen LogP contribution is 2.41. The van der Waals surface area contributed by atoms with Gasteiger partial charge in [0.25, 0.3) is 0 Å². The van der Waals surface area contributed by atoms with Crippen LogP contribution in [0.3, 0.4) is 0 Å². The molecule has 3 saturated heterocycles. The summed E-state index contributed by atoms with van der Waals surface area (Å²) in [6.45, 7) is 5.79. The highest BCUT2D eigenvalue weighted by Gasteiger charge is 2.59. The molecule has 0 aromatic heterocycles. The van der Waals surface area contributed by atoms with Crippen LogP contribution in [-0.2, 0) is 90.4 Å². The summed E-state index contributed by atoms with van der Waals surface area (Å²) >= 11 is 0.665. The first-order chi connectivity index (χ1) is 35.7. The zero-order valence-corrected chi connectivity index (χ0v) is 41.9. The molecule has 1 aliphatic carbocycles. The molecule has 39 heteroatoms. The van der Waals surface area contributed by atoms with Crippen LogP contribution in [-0.4, -0.2) is 184 Å². The van der Waals surface area contributed by atoms with E-state index >= 15 is 0 Å². The standard InChI is InChI=1S/C37H48N18O19S.CH4.B.H2/c1-12(56)63-26-19(46-52-40)8-20(47-53-41)27(72-35-24(48-54-42)31(66-15(4)59)28(64-13(2)57)21(69-35)9-44-50-38)33(26)74-37-34(68-17(6)61)30(23(71-37)11-75-18(7)62)73-36-25(49-55-43)32(67-16(5)60)29(65-14(3)58)22(70-36)10-45-51-39;;;/h19-37H,8-11H2,1-7H3;1H4;;1H/t19-,20?,21?,22+,23-,24?,25?,26?,27-,28-,29-,30+,31-,32?,33-,34?,35-,36-,37+;;;/m1.../s1/i;;;1+1. The van der Waals surface area contributed by atoms with Crippen LogP contribution in [0.1, 0.15) is 63.7 Å². The van der Waals surface area contributed by atoms with Gasteiger partial charge in [-0.1, -0.05) is 49.9 Å². The summed E-state index contributed by atoms with van der Waals surface area (Å²) in [5, 5.41) is 21.5. The normalized spacial score (nSPS) is 32.8. The molecule has 0 amide bonds. The van der Waals surface area contributed by atoms with Crippen LogP contribution in [0, 0.1) is 0 Å². The van der Waals surface area contributed by atoms with Gasteiger partial charge in [0.15, 0.2) is 54.5 Å². The zero-order chi connectivity index (χ0) is 55.5. The van der Waals surface area contributed by atoms with Crippen molar-refractivity contribution in [2.75, 3.05) is 18.8 Å². The van der Waals surface area contributed by atoms with E-state index in [1.807, 2.05) is 0 Å². The predicted molar refractivity (Wildman–Crippen MR) is 256 cm³/mol. The molecule has 0 aromatic carbocycles. The van der Waals surface area contributed by atoms with E-state index in [1.54, 1.807) is 0 Å². The fraction of sp³-hybridized carbons (Fsp3) is 0.816. The van der Waals surface area contributed by atoms with Gasteiger partial charge in [0, 0.05) is 93.5 Å². The van der Waals surface area contributed by atoms with E-state index in [4.69, 9.17) is 56.8 Å². The van der Waals surface area contributed by atoms with E-state index in [9.17, 15) is 66.7 Å². The molecule has 19 atom stereocenters. The van der Waals surface area contributed by atoms with Crippen molar-refractivity contribution in [3.63, 3.8) is 0 Å². The van der Waals surface area contributed by atoms with E-state index in [-0.39, 0.29) is 23.0 Å². The molecule has 3 heterocycles. The SMILES string of the molecule is C.CC(=O)OC1[C@H](O[C@@H]2C(OC(C)=O)[C@H](N=[N+]=[N-])CC(N=[N+]=[N-])[C@H]2O[C@H]2OC(CN=[N+]=[N-])[C@@H](OC(C)=O)[C@H](OC(C)=O)C2N=[N+]=[N-])O[C@H](CSC(C)=O)[C@@H]1O[C@H]1O[C@@H](CN=[N+]=[N-])[C@@H](OC(C)=O)C(OC(C)=O)C1N=[N+]=[N-].[2HH].[B]. The second kappa shape index (κ2) is 31.5. The molecule has 4 rings (SSSR count). The average Bonchev–Trinajstić information content (AvgIpc) is 3.63. The molecular weight excluding hydrogens is 1060 g/mol. The second-order valence-corrected chi connectivity index (χ2v) is 17.4. The molecule has 0 spiro atoms. The summed E-state index contributed by atoms with van der Waals surface area (Å²) < 4.78 is 71.1. The molecule has 7 unspecified atom stereocenters. The van der Waals surface area contributed by atoms with Gasteiger partial charge >= 0.3 is 35.8 Å². The predicted octanol–water partition coefficient (Wildman–Crippen LogP) is 4.43. The molecule has 0 N–H and O–H groups in total. The third-order valence-electron chi connectivity index (χ3n) is 10.9. The highest BCUT2D eigenvalue weighted by atomic mass is 32.2. The third-order valence-corrected chi connectivity index (χ3v) is 11.8. The lowest BCUT2D eigenvalue weighted by molar-refractivity contribution is -0.309. The lowest BCUT2D eigenvalue weighted by atomic mass is 9.83. The van der Waals surface area contributed by atoms with Crippen molar-refractivity contribution in [1.82, 2.24) is 0 Å². The van der Waals surface area contributed by atoms with E-state index in [1.165, 1.54) is 6.92 Å². The summed E-state index contributed by atoms with van der Waals surface area (Å²) in [6, 6.07) is -6.63. The van der Waals surface area contributed by atoms with E-state index in [0.717, 1.165) is 41.5 Å². The largest absolute Gasteiger partial charge is 0.459 e. The van der Waals surface area contributed by atoms with Crippen molar-refractivity contribution in [1.29, 1.82) is 0 Å². The van der Waals surface area contributed by atoms with Crippen molar-refractivity contribution in [2.45, 2.75) is 179 Å². The molecule has 0 bridgehead atoms. The molecule has 0 aromatic rings. The minimum atomic E-state index is -1.99. The number of hydrogen-bond acceptors (Lipinski definition) is 26. The Bertz CT molecular complexity index is 2460. The smallest absolute Gasteiger partial charge is 0.303 e. The van der Waals surface area contributed by atoms with Gasteiger partial charge in [0.2, 0.25) is 0 Å². The molecule has 4 fully saturated rings. The minimum Gasteiger partial charge on any atom is -0.459 e. The van der Waals surface area contributed by atoms with Crippen LogP contribution in [0.2, 0.25) is 0 Å². The Hall–Kier alpha value is -7.48. The summed E-state index contributed by atoms with van der Waals surface area (Å²) in [6.07, 6.45) is -26.7. The number of thioether (sulfide) groups is 1. The van der Waals surface area contributed by atoms with Crippen molar-refractivity contribution >= 4 is 61.1 Å². The van der Waals surface area contributed by atoms with Crippen molar-refractivity contribution in [3.8, 4) is 0 Å². The quantitative estimate of drug-likeness (QED) is 0.0361. The Labute approximate surface area is 442 Å². The molecular formula is C38H54BN18O19S. The van der Waals surface area contributed by atoms with E-state index < -0.39 is 177 Å². The Balaban J connectivity index is 0.0000101. The summed E-state index contributed by atoms with van der Waals surface area (Å²) in [7, 11) is 0. The number of esters is 6. The number of hydrogen-bond donors (Lipinski definition) is 0. The van der Waals surface area contributed by atoms with Crippen molar-refractivity contribution in [2.24, 2.45) is 30.7 Å². The van der Waals surface area contributed by atoms with Gasteiger partial charge in [-0.15, -0.1) is 0 Å². The lowest BCUT2D eigenvalue weighted by Gasteiger charge is -2.48. The van der Waals surface area contributed by atoms with E-state index in [0.29, 0.717) is 11.8 Å². The Morgan fingerprint density at radius 3 is 1.19 bits per heavy atom. The van der Waals surface area contributed by atoms with Gasteiger partial charge in [-0.3, -0.25) is 33.6 Å². The van der Waals surface area contributed by atoms with Crippen LogP contribution in [0.5, 0.6) is 0 Å². The zero-order valence-electron chi connectivity index (χ0n) is 41.1. The first-order valence-electron chi connectivity index (χ1n) is 22.0. The molecule has 4 aliphatic rings. The monoisotopic (exact) mass is 1110 g/mol.